The number of amides is 2. The van der Waals surface area contributed by atoms with Gasteiger partial charge in [-0.3, -0.25) is 9.59 Å². The SMILES string of the molecule is Cc1nn(-c2ncnc3nc[nH]c23)c2c1[C@@]1(CC(=O)N2)C(=O)N(CC(C)C)c2ccccc21. The van der Waals surface area contributed by atoms with E-state index < -0.39 is 5.41 Å². The third kappa shape index (κ3) is 2.54. The van der Waals surface area contributed by atoms with E-state index in [1.54, 1.807) is 4.68 Å². The predicted octanol–water partition coefficient (Wildman–Crippen LogP) is 2.48. The highest BCUT2D eigenvalue weighted by atomic mass is 16.2. The number of H-pyrrole nitrogens is 1. The van der Waals surface area contributed by atoms with Crippen LogP contribution in [0.4, 0.5) is 11.5 Å². The van der Waals surface area contributed by atoms with E-state index in [4.69, 9.17) is 5.10 Å². The predicted molar refractivity (Wildman–Crippen MR) is 121 cm³/mol. The molecule has 0 saturated heterocycles. The first-order valence-electron chi connectivity index (χ1n) is 10.9. The quantitative estimate of drug-likeness (QED) is 0.503. The highest BCUT2D eigenvalue weighted by Gasteiger charge is 2.58. The molecule has 33 heavy (non-hydrogen) atoms. The van der Waals surface area contributed by atoms with Crippen LogP contribution in [-0.4, -0.2) is 48.1 Å². The summed E-state index contributed by atoms with van der Waals surface area (Å²) in [4.78, 5) is 44.8. The van der Waals surface area contributed by atoms with E-state index in [1.807, 2.05) is 36.1 Å². The maximum absolute atomic E-state index is 14.1. The first-order valence-corrected chi connectivity index (χ1v) is 10.9. The van der Waals surface area contributed by atoms with Crippen LogP contribution in [-0.2, 0) is 15.0 Å². The first-order chi connectivity index (χ1) is 15.9. The smallest absolute Gasteiger partial charge is 0.242 e. The number of aryl methyl sites for hydroxylation is 1. The number of hydrogen-bond donors (Lipinski definition) is 2. The van der Waals surface area contributed by atoms with Gasteiger partial charge in [0.1, 0.15) is 23.1 Å². The molecule has 5 heterocycles. The van der Waals surface area contributed by atoms with Crippen LogP contribution in [0.5, 0.6) is 0 Å². The fourth-order valence-corrected chi connectivity index (χ4v) is 5.21. The van der Waals surface area contributed by atoms with E-state index in [9.17, 15) is 9.59 Å². The number of nitrogens with one attached hydrogen (secondary N) is 2. The van der Waals surface area contributed by atoms with Crippen molar-refractivity contribution in [3.63, 3.8) is 0 Å². The first kappa shape index (κ1) is 19.6. The molecule has 0 bridgehead atoms. The topological polar surface area (TPSA) is 122 Å². The van der Waals surface area contributed by atoms with Gasteiger partial charge in [-0.25, -0.2) is 15.0 Å². The summed E-state index contributed by atoms with van der Waals surface area (Å²) in [5.41, 5.74) is 3.00. The lowest BCUT2D eigenvalue weighted by molar-refractivity contribution is -0.126. The molecule has 0 fully saturated rings. The molecule has 2 amide bonds. The number of hydrogen-bond acceptors (Lipinski definition) is 6. The van der Waals surface area contributed by atoms with Crippen LogP contribution in [0.15, 0.2) is 36.9 Å². The van der Waals surface area contributed by atoms with Crippen LogP contribution >= 0.6 is 0 Å². The molecule has 0 unspecified atom stereocenters. The molecule has 1 spiro atoms. The summed E-state index contributed by atoms with van der Waals surface area (Å²) in [6.07, 6.45) is 2.97. The van der Waals surface area contributed by atoms with Crippen molar-refractivity contribution in [1.29, 1.82) is 0 Å². The molecule has 1 atom stereocenters. The summed E-state index contributed by atoms with van der Waals surface area (Å²) in [5.74, 6) is 0.844. The number of carbonyl (C=O) groups excluding carboxylic acids is 2. The van der Waals surface area contributed by atoms with E-state index in [2.05, 4.69) is 39.1 Å². The molecule has 1 aromatic carbocycles. The highest BCUT2D eigenvalue weighted by molar-refractivity contribution is 6.16. The second-order valence-corrected chi connectivity index (χ2v) is 8.98. The number of nitrogens with zero attached hydrogens (tertiary/aromatic N) is 6. The molecule has 0 radical (unpaired) electrons. The van der Waals surface area contributed by atoms with Gasteiger partial charge in [-0.05, 0) is 24.5 Å². The molecule has 2 aliphatic heterocycles. The average molecular weight is 442 g/mol. The van der Waals surface area contributed by atoms with Crippen LogP contribution in [0.2, 0.25) is 0 Å². The molecule has 10 heteroatoms. The number of fused-ring (bicyclic) bond motifs is 5. The van der Waals surface area contributed by atoms with Crippen LogP contribution in [0, 0.1) is 12.8 Å². The maximum atomic E-state index is 14.1. The molecule has 10 nitrogen and oxygen atoms in total. The Morgan fingerprint density at radius 1 is 1.15 bits per heavy atom. The zero-order chi connectivity index (χ0) is 22.9. The van der Waals surface area contributed by atoms with E-state index in [0.717, 1.165) is 11.3 Å². The fraction of sp³-hybridized carbons (Fsp3) is 0.304. The van der Waals surface area contributed by atoms with Crippen LogP contribution in [0.1, 0.15) is 37.1 Å². The standard InChI is InChI=1S/C23H22N8O2/c1-12(2)9-30-15-7-5-4-6-14(15)23(22(30)33)8-16(32)28-20-17(23)13(3)29-31(20)21-18-19(25-10-24-18)26-11-27-21/h4-7,10-12H,8-9H2,1-3H3,(H,28,32)(H,24,25,26,27)/t23-/m0/s1. The van der Waals surface area contributed by atoms with E-state index in [0.29, 0.717) is 40.6 Å². The second kappa shape index (κ2) is 6.71. The number of para-hydroxylation sites is 1. The Hall–Kier alpha value is -4.08. The Balaban J connectivity index is 1.64. The number of imidazole rings is 1. The number of aromatic amines is 1. The van der Waals surface area contributed by atoms with Gasteiger partial charge in [0.2, 0.25) is 11.8 Å². The van der Waals surface area contributed by atoms with Gasteiger partial charge in [-0.1, -0.05) is 32.0 Å². The van der Waals surface area contributed by atoms with Crippen LogP contribution in [0.3, 0.4) is 0 Å². The number of aromatic nitrogens is 6. The van der Waals surface area contributed by atoms with Crippen molar-refractivity contribution in [2.45, 2.75) is 32.6 Å². The van der Waals surface area contributed by atoms with E-state index in [1.165, 1.54) is 12.7 Å². The Bertz CT molecular complexity index is 1450. The number of anilines is 2. The largest absolute Gasteiger partial charge is 0.340 e. The molecule has 4 aromatic rings. The molecule has 3 aromatic heterocycles. The molecule has 0 saturated carbocycles. The summed E-state index contributed by atoms with van der Waals surface area (Å²) in [6, 6.07) is 7.74. The number of rotatable bonds is 3. The summed E-state index contributed by atoms with van der Waals surface area (Å²) >= 11 is 0. The van der Waals surface area contributed by atoms with Crippen molar-refractivity contribution in [3.05, 3.63) is 53.7 Å². The van der Waals surface area contributed by atoms with Crippen LogP contribution < -0.4 is 10.2 Å². The van der Waals surface area contributed by atoms with Crippen molar-refractivity contribution in [2.24, 2.45) is 5.92 Å². The minimum atomic E-state index is -1.13. The Labute approximate surface area is 189 Å². The van der Waals surface area contributed by atoms with Gasteiger partial charge in [-0.2, -0.15) is 9.78 Å². The Morgan fingerprint density at radius 2 is 1.97 bits per heavy atom. The van der Waals surface area contributed by atoms with Crippen molar-refractivity contribution < 1.29 is 9.59 Å². The zero-order valence-electron chi connectivity index (χ0n) is 18.5. The molecule has 166 valence electrons. The van der Waals surface area contributed by atoms with Gasteiger partial charge < -0.3 is 15.2 Å². The minimum Gasteiger partial charge on any atom is -0.340 e. The normalized spacial score (nSPS) is 19.5. The third-order valence-electron chi connectivity index (χ3n) is 6.39. The molecular formula is C23H22N8O2. The Kier molecular flexibility index (Phi) is 3.98. The van der Waals surface area contributed by atoms with Gasteiger partial charge in [0, 0.05) is 24.2 Å². The number of benzene rings is 1. The van der Waals surface area contributed by atoms with Gasteiger partial charge in [0.25, 0.3) is 0 Å². The van der Waals surface area contributed by atoms with E-state index >= 15 is 0 Å². The molecular weight excluding hydrogens is 420 g/mol. The van der Waals surface area contributed by atoms with Crippen LogP contribution in [0.25, 0.3) is 17.0 Å². The lowest BCUT2D eigenvalue weighted by atomic mass is 9.70. The summed E-state index contributed by atoms with van der Waals surface area (Å²) in [5, 5.41) is 7.69. The van der Waals surface area contributed by atoms with Gasteiger partial charge in [-0.15, -0.1) is 0 Å². The zero-order valence-corrected chi connectivity index (χ0v) is 18.5. The Morgan fingerprint density at radius 3 is 2.79 bits per heavy atom. The lowest BCUT2D eigenvalue weighted by Gasteiger charge is -2.33. The second-order valence-electron chi connectivity index (χ2n) is 8.98. The molecule has 0 aliphatic carbocycles. The third-order valence-corrected chi connectivity index (χ3v) is 6.39. The van der Waals surface area contributed by atoms with Crippen molar-refractivity contribution in [2.75, 3.05) is 16.8 Å². The van der Waals surface area contributed by atoms with Gasteiger partial charge in [0.05, 0.1) is 12.0 Å². The summed E-state index contributed by atoms with van der Waals surface area (Å²) in [7, 11) is 0. The monoisotopic (exact) mass is 442 g/mol. The van der Waals surface area contributed by atoms with Crippen molar-refractivity contribution in [3.8, 4) is 5.82 Å². The average Bonchev–Trinajstić information content (AvgIpc) is 3.45. The molecule has 2 aliphatic rings. The van der Waals surface area contributed by atoms with Gasteiger partial charge in [0.15, 0.2) is 11.5 Å². The fourth-order valence-electron chi connectivity index (χ4n) is 5.21. The summed E-state index contributed by atoms with van der Waals surface area (Å²) in [6.45, 7) is 6.59. The lowest BCUT2D eigenvalue weighted by Crippen LogP contribution is -2.47. The number of carbonyl (C=O) groups is 2. The highest BCUT2D eigenvalue weighted by Crippen LogP contribution is 2.53. The molecule has 6 rings (SSSR count). The van der Waals surface area contributed by atoms with Gasteiger partial charge >= 0.3 is 0 Å². The van der Waals surface area contributed by atoms with Crippen molar-refractivity contribution >= 4 is 34.5 Å². The molecule has 2 N–H and O–H groups in total. The minimum absolute atomic E-state index is 0.0280. The maximum Gasteiger partial charge on any atom is 0.242 e. The van der Waals surface area contributed by atoms with E-state index in [-0.39, 0.29) is 24.2 Å². The summed E-state index contributed by atoms with van der Waals surface area (Å²) < 4.78 is 1.58. The van der Waals surface area contributed by atoms with Crippen molar-refractivity contribution in [1.82, 2.24) is 29.7 Å².